The Hall–Kier alpha value is -1.93. The molecule has 2 heterocycles. The van der Waals surface area contributed by atoms with Crippen LogP contribution in [-0.2, 0) is 16.4 Å². The fraction of sp³-hybridized carbons (Fsp3) is 0.125. The van der Waals surface area contributed by atoms with Gasteiger partial charge in [-0.15, -0.1) is 0 Å². The van der Waals surface area contributed by atoms with Crippen LogP contribution in [0.1, 0.15) is 5.69 Å². The van der Waals surface area contributed by atoms with E-state index in [1.54, 1.807) is 6.07 Å². The van der Waals surface area contributed by atoms with Crippen LogP contribution in [-0.4, -0.2) is 25.1 Å². The molecule has 3 aromatic rings. The monoisotopic (exact) mass is 397 g/mol. The van der Waals surface area contributed by atoms with Crippen molar-refractivity contribution < 1.29 is 12.9 Å². The predicted molar refractivity (Wildman–Crippen MR) is 95.1 cm³/mol. The van der Waals surface area contributed by atoms with Gasteiger partial charge < -0.3 is 4.52 Å². The summed E-state index contributed by atoms with van der Waals surface area (Å²) < 4.78 is 32.2. The maximum Gasteiger partial charge on any atom is 0.242 e. The van der Waals surface area contributed by atoms with Crippen molar-refractivity contribution in [1.82, 2.24) is 14.9 Å². The van der Waals surface area contributed by atoms with Gasteiger partial charge in [-0.3, -0.25) is 0 Å². The third-order valence-corrected chi connectivity index (χ3v) is 5.49. The van der Waals surface area contributed by atoms with Crippen LogP contribution < -0.4 is 4.72 Å². The van der Waals surface area contributed by atoms with Gasteiger partial charge >= 0.3 is 0 Å². The zero-order valence-electron chi connectivity index (χ0n) is 12.8. The molecule has 0 amide bonds. The first-order valence-corrected chi connectivity index (χ1v) is 9.51. The summed E-state index contributed by atoms with van der Waals surface area (Å²) in [5, 5.41) is 4.08. The summed E-state index contributed by atoms with van der Waals surface area (Å²) in [5.74, 6) is 0.632. The zero-order chi connectivity index (χ0) is 17.9. The molecule has 0 fully saturated rings. The normalized spacial score (nSPS) is 11.6. The van der Waals surface area contributed by atoms with Crippen LogP contribution >= 0.6 is 23.2 Å². The second-order valence-electron chi connectivity index (χ2n) is 5.14. The second-order valence-corrected chi connectivity index (χ2v) is 7.67. The first kappa shape index (κ1) is 17.9. The Kier molecular flexibility index (Phi) is 5.39. The van der Waals surface area contributed by atoms with E-state index in [1.165, 1.54) is 6.07 Å². The molecule has 130 valence electrons. The lowest BCUT2D eigenvalue weighted by atomic mass is 10.1. The first-order valence-electron chi connectivity index (χ1n) is 7.27. The van der Waals surface area contributed by atoms with Crippen molar-refractivity contribution in [2.75, 3.05) is 6.54 Å². The molecule has 0 bridgehead atoms. The Balaban J connectivity index is 1.63. The van der Waals surface area contributed by atoms with E-state index in [0.29, 0.717) is 17.9 Å². The van der Waals surface area contributed by atoms with Crippen molar-refractivity contribution >= 4 is 33.2 Å². The van der Waals surface area contributed by atoms with Gasteiger partial charge in [0.15, 0.2) is 5.76 Å². The zero-order valence-corrected chi connectivity index (χ0v) is 15.1. The number of hydrogen-bond donors (Lipinski definition) is 1. The number of pyridine rings is 1. The van der Waals surface area contributed by atoms with Gasteiger partial charge in [-0.05, 0) is 6.07 Å². The Morgan fingerprint density at radius 3 is 2.60 bits per heavy atom. The third-order valence-electron chi connectivity index (χ3n) is 3.37. The van der Waals surface area contributed by atoms with Crippen molar-refractivity contribution in [2.24, 2.45) is 0 Å². The topological polar surface area (TPSA) is 85.1 Å². The van der Waals surface area contributed by atoms with E-state index in [4.69, 9.17) is 27.7 Å². The maximum absolute atomic E-state index is 12.2. The number of benzene rings is 1. The van der Waals surface area contributed by atoms with Crippen molar-refractivity contribution in [3.05, 3.63) is 64.5 Å². The molecule has 0 aliphatic heterocycles. The molecule has 0 aliphatic carbocycles. The Morgan fingerprint density at radius 1 is 1.12 bits per heavy atom. The molecule has 25 heavy (non-hydrogen) atoms. The summed E-state index contributed by atoms with van der Waals surface area (Å²) in [5.41, 5.74) is 1.55. The van der Waals surface area contributed by atoms with Crippen LogP contribution in [0, 0.1) is 0 Å². The summed E-state index contributed by atoms with van der Waals surface area (Å²) in [4.78, 5) is 3.69. The van der Waals surface area contributed by atoms with Gasteiger partial charge in [0, 0.05) is 30.8 Å². The van der Waals surface area contributed by atoms with Gasteiger partial charge in [0.1, 0.15) is 10.0 Å². The van der Waals surface area contributed by atoms with E-state index in [1.807, 2.05) is 30.3 Å². The summed E-state index contributed by atoms with van der Waals surface area (Å²) in [6.45, 7) is 0.156. The van der Waals surface area contributed by atoms with E-state index in [0.717, 1.165) is 11.8 Å². The number of rotatable bonds is 6. The van der Waals surface area contributed by atoms with Gasteiger partial charge in [0.2, 0.25) is 10.0 Å². The Labute approximate surface area is 154 Å². The number of halogens is 2. The predicted octanol–water partition coefficient (Wildman–Crippen LogP) is 3.56. The average Bonchev–Trinajstić information content (AvgIpc) is 3.07. The van der Waals surface area contributed by atoms with Crippen LogP contribution in [0.5, 0.6) is 0 Å². The highest BCUT2D eigenvalue weighted by Crippen LogP contribution is 2.22. The van der Waals surface area contributed by atoms with Crippen LogP contribution in [0.25, 0.3) is 11.3 Å². The molecule has 0 unspecified atom stereocenters. The van der Waals surface area contributed by atoms with Gasteiger partial charge in [0.05, 0.1) is 10.7 Å². The minimum atomic E-state index is -3.73. The van der Waals surface area contributed by atoms with Crippen LogP contribution in [0.2, 0.25) is 10.2 Å². The molecule has 1 N–H and O–H groups in total. The number of aromatic nitrogens is 2. The van der Waals surface area contributed by atoms with E-state index < -0.39 is 10.0 Å². The lowest BCUT2D eigenvalue weighted by Gasteiger charge is -2.06. The van der Waals surface area contributed by atoms with E-state index in [2.05, 4.69) is 14.9 Å². The minimum absolute atomic E-state index is 0.0490. The molecule has 0 spiro atoms. The molecule has 2 aromatic heterocycles. The largest absolute Gasteiger partial charge is 0.356 e. The highest BCUT2D eigenvalue weighted by Gasteiger charge is 2.16. The van der Waals surface area contributed by atoms with Crippen LogP contribution in [0.4, 0.5) is 0 Å². The lowest BCUT2D eigenvalue weighted by molar-refractivity contribution is 0.423. The summed E-state index contributed by atoms with van der Waals surface area (Å²) in [7, 11) is -3.73. The standard InChI is InChI=1S/C16H13Cl2N3O3S/c17-14-9-13(10-19-16(14)18)25(22,23)20-7-6-12-8-15(24-21-12)11-4-2-1-3-5-11/h1-5,8-10,20H,6-7H2. The molecule has 0 aliphatic rings. The molecule has 9 heteroatoms. The SMILES string of the molecule is O=S(=O)(NCCc1cc(-c2ccccc2)on1)c1cnc(Cl)c(Cl)c1. The van der Waals surface area contributed by atoms with Crippen molar-refractivity contribution in [2.45, 2.75) is 11.3 Å². The fourth-order valence-corrected chi connectivity index (χ4v) is 3.45. The smallest absolute Gasteiger partial charge is 0.242 e. The van der Waals surface area contributed by atoms with E-state index in [-0.39, 0.29) is 21.6 Å². The molecule has 0 saturated carbocycles. The van der Waals surface area contributed by atoms with E-state index in [9.17, 15) is 8.42 Å². The van der Waals surface area contributed by atoms with Crippen LogP contribution in [0.3, 0.4) is 0 Å². The van der Waals surface area contributed by atoms with Gasteiger partial charge in [0.25, 0.3) is 0 Å². The third kappa shape index (κ3) is 4.38. The minimum Gasteiger partial charge on any atom is -0.356 e. The summed E-state index contributed by atoms with van der Waals surface area (Å²) in [6.07, 6.45) is 1.53. The van der Waals surface area contributed by atoms with E-state index >= 15 is 0 Å². The van der Waals surface area contributed by atoms with Crippen LogP contribution in [0.15, 0.2) is 58.1 Å². The van der Waals surface area contributed by atoms with Gasteiger partial charge in [-0.1, -0.05) is 58.7 Å². The van der Waals surface area contributed by atoms with Crippen molar-refractivity contribution in [3.8, 4) is 11.3 Å². The number of nitrogens with one attached hydrogen (secondary N) is 1. The lowest BCUT2D eigenvalue weighted by Crippen LogP contribution is -2.26. The number of sulfonamides is 1. The molecule has 0 saturated heterocycles. The van der Waals surface area contributed by atoms with Gasteiger partial charge in [-0.25, -0.2) is 18.1 Å². The van der Waals surface area contributed by atoms with Gasteiger partial charge in [-0.2, -0.15) is 0 Å². The molecule has 0 radical (unpaired) electrons. The Bertz CT molecular complexity index is 975. The molecule has 0 atom stereocenters. The number of nitrogens with zero attached hydrogens (tertiary/aromatic N) is 2. The molecular formula is C16H13Cl2N3O3S. The first-order chi connectivity index (χ1) is 12.0. The highest BCUT2D eigenvalue weighted by molar-refractivity contribution is 7.89. The summed E-state index contributed by atoms with van der Waals surface area (Å²) >= 11 is 11.5. The number of hydrogen-bond acceptors (Lipinski definition) is 5. The van der Waals surface area contributed by atoms with Crippen molar-refractivity contribution in [1.29, 1.82) is 0 Å². The summed E-state index contributed by atoms with van der Waals surface area (Å²) in [6, 6.07) is 12.6. The highest BCUT2D eigenvalue weighted by atomic mass is 35.5. The fourth-order valence-electron chi connectivity index (χ4n) is 2.12. The molecular weight excluding hydrogens is 385 g/mol. The second kappa shape index (κ2) is 7.53. The molecule has 3 rings (SSSR count). The molecule has 1 aromatic carbocycles. The average molecular weight is 398 g/mol. The van der Waals surface area contributed by atoms with Crippen molar-refractivity contribution in [3.63, 3.8) is 0 Å². The quantitative estimate of drug-likeness (QED) is 0.642. The maximum atomic E-state index is 12.2. The Morgan fingerprint density at radius 2 is 1.88 bits per heavy atom. The molecule has 6 nitrogen and oxygen atoms in total.